The van der Waals surface area contributed by atoms with Gasteiger partial charge in [-0.25, -0.2) is 0 Å². The Kier molecular flexibility index (Phi) is 2.10. The van der Waals surface area contributed by atoms with Crippen LogP contribution in [0.3, 0.4) is 0 Å². The van der Waals surface area contributed by atoms with Gasteiger partial charge in [0, 0.05) is 15.1 Å². The molecule has 1 aromatic heterocycles. The monoisotopic (exact) mass is 222 g/mol. The van der Waals surface area contributed by atoms with Crippen LogP contribution in [0.5, 0.6) is 0 Å². The normalized spacial score (nSPS) is 10.4. The number of benzene rings is 1. The van der Waals surface area contributed by atoms with Gasteiger partial charge in [-0.1, -0.05) is 11.6 Å². The minimum Gasteiger partial charge on any atom is -0.389 e. The highest BCUT2D eigenvalue weighted by Gasteiger charge is 2.12. The molecule has 4 heteroatoms. The zero-order valence-corrected chi connectivity index (χ0v) is 9.04. The van der Waals surface area contributed by atoms with E-state index in [-0.39, 0.29) is 0 Å². The number of nitrogens with zero attached hydrogens (tertiary/aromatic N) is 1. The van der Waals surface area contributed by atoms with Crippen LogP contribution in [0.25, 0.3) is 10.1 Å². The van der Waals surface area contributed by atoms with Crippen LogP contribution in [-0.2, 0) is 0 Å². The Balaban J connectivity index is 3.00. The number of nitrogens with two attached hydrogens (primary N) is 1. The number of nitriles is 1. The van der Waals surface area contributed by atoms with Crippen molar-refractivity contribution in [1.29, 1.82) is 5.26 Å². The largest absolute Gasteiger partial charge is 0.389 e. The average molecular weight is 223 g/mol. The Morgan fingerprint density at radius 3 is 2.86 bits per heavy atom. The van der Waals surface area contributed by atoms with Crippen molar-refractivity contribution in [3.8, 4) is 6.07 Å². The van der Waals surface area contributed by atoms with Gasteiger partial charge in [-0.2, -0.15) is 5.26 Å². The van der Waals surface area contributed by atoms with Crippen LogP contribution in [0.15, 0.2) is 12.1 Å². The standard InChI is InChI=1S/C10H7ClN2S/c1-5-7(11)2-3-8-9(5)6(4-12)10(13)14-8/h2-3H,13H2,1H3. The van der Waals surface area contributed by atoms with Crippen molar-refractivity contribution < 1.29 is 0 Å². The number of halogens is 1. The van der Waals surface area contributed by atoms with Gasteiger partial charge in [0.1, 0.15) is 11.1 Å². The summed E-state index contributed by atoms with van der Waals surface area (Å²) in [6.07, 6.45) is 0. The van der Waals surface area contributed by atoms with Gasteiger partial charge >= 0.3 is 0 Å². The highest BCUT2D eigenvalue weighted by Crippen LogP contribution is 2.37. The van der Waals surface area contributed by atoms with E-state index in [4.69, 9.17) is 22.6 Å². The van der Waals surface area contributed by atoms with E-state index in [2.05, 4.69) is 6.07 Å². The molecule has 2 nitrogen and oxygen atoms in total. The van der Waals surface area contributed by atoms with Gasteiger partial charge in [-0.15, -0.1) is 11.3 Å². The molecule has 0 fully saturated rings. The van der Waals surface area contributed by atoms with Gasteiger partial charge in [0.25, 0.3) is 0 Å². The lowest BCUT2D eigenvalue weighted by molar-refractivity contribution is 1.49. The van der Waals surface area contributed by atoms with E-state index >= 15 is 0 Å². The zero-order valence-electron chi connectivity index (χ0n) is 7.47. The second kappa shape index (κ2) is 3.16. The number of nitrogen functional groups attached to an aromatic ring is 1. The van der Waals surface area contributed by atoms with Crippen molar-refractivity contribution >= 4 is 38.0 Å². The molecule has 14 heavy (non-hydrogen) atoms. The second-order valence-electron chi connectivity index (χ2n) is 3.00. The van der Waals surface area contributed by atoms with E-state index in [1.54, 1.807) is 0 Å². The van der Waals surface area contributed by atoms with E-state index in [0.29, 0.717) is 15.6 Å². The summed E-state index contributed by atoms with van der Waals surface area (Å²) in [6, 6.07) is 5.84. The summed E-state index contributed by atoms with van der Waals surface area (Å²) in [6.45, 7) is 1.90. The molecule has 2 aromatic rings. The van der Waals surface area contributed by atoms with Crippen molar-refractivity contribution in [2.45, 2.75) is 6.92 Å². The molecule has 0 aliphatic carbocycles. The Labute approximate surface area is 90.5 Å². The predicted octanol–water partition coefficient (Wildman–Crippen LogP) is 3.32. The number of rotatable bonds is 0. The maximum Gasteiger partial charge on any atom is 0.105 e. The molecule has 0 aliphatic rings. The highest BCUT2D eigenvalue weighted by atomic mass is 35.5. The van der Waals surface area contributed by atoms with Crippen molar-refractivity contribution in [1.82, 2.24) is 0 Å². The fraction of sp³-hybridized carbons (Fsp3) is 0.100. The molecule has 0 unspecified atom stereocenters. The van der Waals surface area contributed by atoms with E-state index in [1.807, 2.05) is 19.1 Å². The molecular weight excluding hydrogens is 216 g/mol. The van der Waals surface area contributed by atoms with Crippen LogP contribution in [-0.4, -0.2) is 0 Å². The quantitative estimate of drug-likeness (QED) is 0.744. The first-order valence-electron chi connectivity index (χ1n) is 4.02. The minimum absolute atomic E-state index is 0.546. The third kappa shape index (κ3) is 1.16. The second-order valence-corrected chi connectivity index (χ2v) is 4.49. The molecule has 1 aromatic carbocycles. The molecule has 0 saturated carbocycles. The van der Waals surface area contributed by atoms with Gasteiger partial charge in [-0.3, -0.25) is 0 Å². The SMILES string of the molecule is Cc1c(Cl)ccc2sc(N)c(C#N)c12. The van der Waals surface area contributed by atoms with Crippen LogP contribution < -0.4 is 5.73 Å². The fourth-order valence-electron chi connectivity index (χ4n) is 1.46. The maximum atomic E-state index is 8.95. The van der Waals surface area contributed by atoms with Crippen molar-refractivity contribution in [3.05, 3.63) is 28.3 Å². The Bertz CT molecular complexity index is 551. The van der Waals surface area contributed by atoms with E-state index < -0.39 is 0 Å². The topological polar surface area (TPSA) is 49.8 Å². The molecule has 0 amide bonds. The predicted molar refractivity (Wildman–Crippen MR) is 60.7 cm³/mol. The summed E-state index contributed by atoms with van der Waals surface area (Å²) in [5, 5.41) is 11.1. The molecule has 1 heterocycles. The van der Waals surface area contributed by atoms with Gasteiger partial charge in [0.15, 0.2) is 0 Å². The number of aryl methyl sites for hydroxylation is 1. The smallest absolute Gasteiger partial charge is 0.105 e. The Morgan fingerprint density at radius 1 is 1.50 bits per heavy atom. The van der Waals surface area contributed by atoms with E-state index in [1.165, 1.54) is 11.3 Å². The van der Waals surface area contributed by atoms with Crippen molar-refractivity contribution in [2.24, 2.45) is 0 Å². The molecule has 2 rings (SSSR count). The number of hydrogen-bond acceptors (Lipinski definition) is 3. The Morgan fingerprint density at radius 2 is 2.21 bits per heavy atom. The maximum absolute atomic E-state index is 8.95. The van der Waals surface area contributed by atoms with E-state index in [0.717, 1.165) is 15.6 Å². The molecule has 0 spiro atoms. The average Bonchev–Trinajstić information content (AvgIpc) is 2.48. The Hall–Kier alpha value is -1.24. The summed E-state index contributed by atoms with van der Waals surface area (Å²) in [4.78, 5) is 0. The molecule has 0 radical (unpaired) electrons. The lowest BCUT2D eigenvalue weighted by Crippen LogP contribution is -1.84. The number of fused-ring (bicyclic) bond motifs is 1. The molecule has 70 valence electrons. The van der Waals surface area contributed by atoms with E-state index in [9.17, 15) is 0 Å². The summed E-state index contributed by atoms with van der Waals surface area (Å²) in [7, 11) is 0. The van der Waals surface area contributed by atoms with Crippen LogP contribution >= 0.6 is 22.9 Å². The fourth-order valence-corrected chi connectivity index (χ4v) is 2.60. The molecule has 0 aliphatic heterocycles. The lowest BCUT2D eigenvalue weighted by atomic mass is 10.1. The van der Waals surface area contributed by atoms with Crippen LogP contribution in [0.1, 0.15) is 11.1 Å². The molecule has 0 bridgehead atoms. The van der Waals surface area contributed by atoms with Crippen molar-refractivity contribution in [2.75, 3.05) is 5.73 Å². The summed E-state index contributed by atoms with van der Waals surface area (Å²) >= 11 is 7.40. The first-order chi connectivity index (χ1) is 6.65. The first kappa shape index (κ1) is 9.32. The van der Waals surface area contributed by atoms with Crippen LogP contribution in [0.2, 0.25) is 5.02 Å². The number of hydrogen-bond donors (Lipinski definition) is 1. The molecular formula is C10H7ClN2S. The molecule has 2 N–H and O–H groups in total. The number of thiophene rings is 1. The summed E-state index contributed by atoms with van der Waals surface area (Å²) < 4.78 is 1.01. The van der Waals surface area contributed by atoms with Gasteiger partial charge < -0.3 is 5.73 Å². The summed E-state index contributed by atoms with van der Waals surface area (Å²) in [5.74, 6) is 0. The van der Waals surface area contributed by atoms with Crippen LogP contribution in [0, 0.1) is 18.3 Å². The first-order valence-corrected chi connectivity index (χ1v) is 5.21. The molecule has 0 atom stereocenters. The third-order valence-corrected chi connectivity index (χ3v) is 3.58. The van der Waals surface area contributed by atoms with Gasteiger partial charge in [-0.05, 0) is 24.6 Å². The lowest BCUT2D eigenvalue weighted by Gasteiger charge is -1.99. The summed E-state index contributed by atoms with van der Waals surface area (Å²) in [5.41, 5.74) is 7.21. The van der Waals surface area contributed by atoms with Gasteiger partial charge in [0.05, 0.1) is 5.56 Å². The van der Waals surface area contributed by atoms with Gasteiger partial charge in [0.2, 0.25) is 0 Å². The number of anilines is 1. The third-order valence-electron chi connectivity index (χ3n) is 2.19. The molecule has 0 saturated heterocycles. The highest BCUT2D eigenvalue weighted by molar-refractivity contribution is 7.23. The van der Waals surface area contributed by atoms with Crippen molar-refractivity contribution in [3.63, 3.8) is 0 Å². The van der Waals surface area contributed by atoms with Crippen LogP contribution in [0.4, 0.5) is 5.00 Å². The minimum atomic E-state index is 0.546. The zero-order chi connectivity index (χ0) is 10.3.